The van der Waals surface area contributed by atoms with Gasteiger partial charge in [0.15, 0.2) is 11.5 Å². The number of benzene rings is 2. The molecular weight excluding hydrogens is 356 g/mol. The fraction of sp³-hybridized carbons (Fsp3) is 0.364. The van der Waals surface area contributed by atoms with Crippen molar-refractivity contribution in [2.75, 3.05) is 6.54 Å². The second-order valence-electron chi connectivity index (χ2n) is 7.33. The van der Waals surface area contributed by atoms with Gasteiger partial charge in [-0.15, -0.1) is 0 Å². The molecule has 0 saturated carbocycles. The van der Waals surface area contributed by atoms with Gasteiger partial charge in [0, 0.05) is 12.1 Å². The molecule has 1 atom stereocenters. The van der Waals surface area contributed by atoms with Gasteiger partial charge in [-0.05, 0) is 55.0 Å². The van der Waals surface area contributed by atoms with E-state index in [0.29, 0.717) is 24.9 Å². The largest absolute Gasteiger partial charge is 0.504 e. The van der Waals surface area contributed by atoms with E-state index in [9.17, 15) is 19.8 Å². The molecule has 2 aromatic rings. The Bertz CT molecular complexity index is 833. The van der Waals surface area contributed by atoms with Gasteiger partial charge < -0.3 is 20.8 Å². The van der Waals surface area contributed by atoms with Crippen LogP contribution in [0.4, 0.5) is 0 Å². The van der Waals surface area contributed by atoms with Gasteiger partial charge in [0.2, 0.25) is 5.91 Å². The summed E-state index contributed by atoms with van der Waals surface area (Å²) in [6.45, 7) is 6.22. The average molecular weight is 384 g/mol. The maximum absolute atomic E-state index is 12.6. The van der Waals surface area contributed by atoms with Gasteiger partial charge in [-0.3, -0.25) is 9.59 Å². The Balaban J connectivity index is 1.97. The van der Waals surface area contributed by atoms with Crippen LogP contribution in [0.5, 0.6) is 11.5 Å². The molecule has 2 aromatic carbocycles. The summed E-state index contributed by atoms with van der Waals surface area (Å²) in [4.78, 5) is 25.2. The van der Waals surface area contributed by atoms with Crippen molar-refractivity contribution in [3.8, 4) is 11.5 Å². The number of carbonyl (C=O) groups is 2. The van der Waals surface area contributed by atoms with E-state index in [1.54, 1.807) is 18.2 Å². The second kappa shape index (κ2) is 9.78. The van der Waals surface area contributed by atoms with Crippen molar-refractivity contribution in [2.24, 2.45) is 5.92 Å². The van der Waals surface area contributed by atoms with Crippen LogP contribution in [0, 0.1) is 12.8 Å². The molecule has 0 aliphatic rings. The lowest BCUT2D eigenvalue weighted by Gasteiger charge is -2.21. The van der Waals surface area contributed by atoms with Gasteiger partial charge >= 0.3 is 0 Å². The van der Waals surface area contributed by atoms with E-state index in [1.807, 2.05) is 32.9 Å². The minimum atomic E-state index is -0.625. The standard InChI is InChI=1S/C22H28N2O4/c1-14(2)12-18(24-21(27)17-7-5-4-6-15(17)3)22(28)23-11-10-16-8-9-19(25)20(26)13-16/h4-9,13-14,18,25-26H,10-12H2,1-3H3,(H,23,28)(H,24,27). The zero-order valence-electron chi connectivity index (χ0n) is 16.5. The summed E-state index contributed by atoms with van der Waals surface area (Å²) >= 11 is 0. The molecule has 28 heavy (non-hydrogen) atoms. The number of phenolic OH excluding ortho intramolecular Hbond substituents is 2. The second-order valence-corrected chi connectivity index (χ2v) is 7.33. The van der Waals surface area contributed by atoms with Crippen LogP contribution in [-0.4, -0.2) is 34.6 Å². The van der Waals surface area contributed by atoms with Gasteiger partial charge in [0.25, 0.3) is 5.91 Å². The van der Waals surface area contributed by atoms with Gasteiger partial charge in [-0.25, -0.2) is 0 Å². The highest BCUT2D eigenvalue weighted by atomic mass is 16.3. The Morgan fingerprint density at radius 2 is 1.75 bits per heavy atom. The van der Waals surface area contributed by atoms with E-state index < -0.39 is 6.04 Å². The zero-order valence-corrected chi connectivity index (χ0v) is 16.5. The van der Waals surface area contributed by atoms with Crippen molar-refractivity contribution in [1.82, 2.24) is 10.6 Å². The van der Waals surface area contributed by atoms with Gasteiger partial charge in [0.1, 0.15) is 6.04 Å². The van der Waals surface area contributed by atoms with Crippen molar-refractivity contribution < 1.29 is 19.8 Å². The lowest BCUT2D eigenvalue weighted by molar-refractivity contribution is -0.123. The Hall–Kier alpha value is -3.02. The Kier molecular flexibility index (Phi) is 7.44. The molecule has 2 amide bonds. The SMILES string of the molecule is Cc1ccccc1C(=O)NC(CC(C)C)C(=O)NCCc1ccc(O)c(O)c1. The summed E-state index contributed by atoms with van der Waals surface area (Å²) < 4.78 is 0. The number of phenols is 2. The van der Waals surface area contributed by atoms with Crippen LogP contribution in [0.2, 0.25) is 0 Å². The van der Waals surface area contributed by atoms with Crippen LogP contribution in [-0.2, 0) is 11.2 Å². The number of hydrogen-bond donors (Lipinski definition) is 4. The fourth-order valence-corrected chi connectivity index (χ4v) is 2.94. The van der Waals surface area contributed by atoms with Crippen molar-refractivity contribution in [1.29, 1.82) is 0 Å². The molecule has 0 aliphatic carbocycles. The number of aromatic hydroxyl groups is 2. The topological polar surface area (TPSA) is 98.7 Å². The van der Waals surface area contributed by atoms with Crippen molar-refractivity contribution in [3.05, 3.63) is 59.2 Å². The third kappa shape index (κ3) is 6.01. The summed E-state index contributed by atoms with van der Waals surface area (Å²) in [5, 5.41) is 24.6. The molecular formula is C22H28N2O4. The molecule has 0 aromatic heterocycles. The molecule has 6 nitrogen and oxygen atoms in total. The quantitative estimate of drug-likeness (QED) is 0.526. The Morgan fingerprint density at radius 3 is 2.39 bits per heavy atom. The van der Waals surface area contributed by atoms with E-state index >= 15 is 0 Å². The van der Waals surface area contributed by atoms with Gasteiger partial charge in [-0.2, -0.15) is 0 Å². The number of hydrogen-bond acceptors (Lipinski definition) is 4. The third-order valence-electron chi connectivity index (χ3n) is 4.47. The lowest BCUT2D eigenvalue weighted by atomic mass is 10.0. The summed E-state index contributed by atoms with van der Waals surface area (Å²) in [5.74, 6) is -0.626. The van der Waals surface area contributed by atoms with Crippen molar-refractivity contribution in [2.45, 2.75) is 39.7 Å². The smallest absolute Gasteiger partial charge is 0.252 e. The minimum absolute atomic E-state index is 0.177. The first kappa shape index (κ1) is 21.3. The maximum atomic E-state index is 12.6. The Morgan fingerprint density at radius 1 is 1.04 bits per heavy atom. The molecule has 0 spiro atoms. The van der Waals surface area contributed by atoms with Crippen molar-refractivity contribution >= 4 is 11.8 Å². The molecule has 0 aliphatic heterocycles. The van der Waals surface area contributed by atoms with Crippen LogP contribution in [0.15, 0.2) is 42.5 Å². The molecule has 0 bridgehead atoms. The number of aryl methyl sites for hydroxylation is 1. The average Bonchev–Trinajstić information content (AvgIpc) is 2.64. The molecule has 0 fully saturated rings. The lowest BCUT2D eigenvalue weighted by Crippen LogP contribution is -2.48. The highest BCUT2D eigenvalue weighted by Gasteiger charge is 2.22. The van der Waals surface area contributed by atoms with E-state index in [0.717, 1.165) is 11.1 Å². The first-order chi connectivity index (χ1) is 13.3. The Labute approximate surface area is 165 Å². The van der Waals surface area contributed by atoms with Crippen molar-refractivity contribution in [3.63, 3.8) is 0 Å². The summed E-state index contributed by atoms with van der Waals surface area (Å²) in [6, 6.07) is 11.2. The molecule has 4 N–H and O–H groups in total. The van der Waals surface area contributed by atoms with Crippen LogP contribution < -0.4 is 10.6 Å². The van der Waals surface area contributed by atoms with Crippen LogP contribution in [0.25, 0.3) is 0 Å². The molecule has 0 saturated heterocycles. The molecule has 6 heteroatoms. The number of rotatable bonds is 8. The summed E-state index contributed by atoms with van der Waals surface area (Å²) in [5.41, 5.74) is 2.21. The first-order valence-corrected chi connectivity index (χ1v) is 9.43. The fourth-order valence-electron chi connectivity index (χ4n) is 2.94. The highest BCUT2D eigenvalue weighted by molar-refractivity contribution is 5.98. The first-order valence-electron chi connectivity index (χ1n) is 9.43. The predicted molar refractivity (Wildman–Crippen MR) is 108 cm³/mol. The van der Waals surface area contributed by atoms with Crippen LogP contribution in [0.3, 0.4) is 0 Å². The maximum Gasteiger partial charge on any atom is 0.252 e. The van der Waals surface area contributed by atoms with E-state index in [4.69, 9.17) is 0 Å². The molecule has 0 radical (unpaired) electrons. The number of amides is 2. The molecule has 0 heterocycles. The monoisotopic (exact) mass is 384 g/mol. The minimum Gasteiger partial charge on any atom is -0.504 e. The van der Waals surface area contributed by atoms with Gasteiger partial charge in [0.05, 0.1) is 0 Å². The van der Waals surface area contributed by atoms with Crippen LogP contribution in [0.1, 0.15) is 41.8 Å². The van der Waals surface area contributed by atoms with E-state index in [-0.39, 0.29) is 29.2 Å². The highest BCUT2D eigenvalue weighted by Crippen LogP contribution is 2.24. The number of nitrogens with one attached hydrogen (secondary N) is 2. The third-order valence-corrected chi connectivity index (χ3v) is 4.47. The van der Waals surface area contributed by atoms with E-state index in [2.05, 4.69) is 10.6 Å². The molecule has 150 valence electrons. The number of carbonyl (C=O) groups excluding carboxylic acids is 2. The molecule has 2 rings (SSSR count). The molecule has 1 unspecified atom stereocenters. The zero-order chi connectivity index (χ0) is 20.7. The van der Waals surface area contributed by atoms with Gasteiger partial charge in [-0.1, -0.05) is 38.1 Å². The summed E-state index contributed by atoms with van der Waals surface area (Å²) in [7, 11) is 0. The normalized spacial score (nSPS) is 11.9. The van der Waals surface area contributed by atoms with E-state index in [1.165, 1.54) is 12.1 Å². The summed E-state index contributed by atoms with van der Waals surface area (Å²) in [6.07, 6.45) is 1.03. The van der Waals surface area contributed by atoms with Crippen LogP contribution >= 0.6 is 0 Å². The predicted octanol–water partition coefficient (Wildman–Crippen LogP) is 2.91.